The highest BCUT2D eigenvalue weighted by atomic mass is 32.2. The summed E-state index contributed by atoms with van der Waals surface area (Å²) in [6, 6.07) is 3.91. The quantitative estimate of drug-likeness (QED) is 0.547. The number of nitrogens with one attached hydrogen (secondary N) is 1. The average Bonchev–Trinajstić information content (AvgIpc) is 2.28. The Morgan fingerprint density at radius 1 is 1.47 bits per heavy atom. The number of hydrogen-bond donors (Lipinski definition) is 2. The van der Waals surface area contributed by atoms with Crippen LogP contribution in [0.5, 0.6) is 0 Å². The molecule has 2 N–H and O–H groups in total. The van der Waals surface area contributed by atoms with Gasteiger partial charge in [0.05, 0.1) is 6.10 Å². The van der Waals surface area contributed by atoms with Crippen molar-refractivity contribution in [3.63, 3.8) is 0 Å². The highest BCUT2D eigenvalue weighted by molar-refractivity contribution is 7.99. The SMILES string of the molecule is CCCNCC(O)CSc1ccncc1. The minimum Gasteiger partial charge on any atom is -0.391 e. The first-order valence-corrected chi connectivity index (χ1v) is 6.23. The van der Waals surface area contributed by atoms with Gasteiger partial charge in [-0.1, -0.05) is 6.92 Å². The molecule has 0 saturated heterocycles. The minimum absolute atomic E-state index is 0.283. The number of aliphatic hydroxyl groups is 1. The number of aromatic nitrogens is 1. The molecular formula is C11H18N2OS. The predicted octanol–water partition coefficient (Wildman–Crippen LogP) is 1.53. The smallest absolute Gasteiger partial charge is 0.0758 e. The molecule has 1 rings (SSSR count). The van der Waals surface area contributed by atoms with Gasteiger partial charge in [0.25, 0.3) is 0 Å². The van der Waals surface area contributed by atoms with Crippen LogP contribution in [-0.4, -0.2) is 35.0 Å². The number of pyridine rings is 1. The number of thioether (sulfide) groups is 1. The number of rotatable bonds is 7. The lowest BCUT2D eigenvalue weighted by Crippen LogP contribution is -2.28. The minimum atomic E-state index is -0.283. The van der Waals surface area contributed by atoms with Crippen LogP contribution in [0.3, 0.4) is 0 Å². The van der Waals surface area contributed by atoms with Gasteiger partial charge in [0.1, 0.15) is 0 Å². The van der Waals surface area contributed by atoms with Crippen LogP contribution in [0.2, 0.25) is 0 Å². The van der Waals surface area contributed by atoms with Crippen LogP contribution >= 0.6 is 11.8 Å². The van der Waals surface area contributed by atoms with Crippen LogP contribution in [-0.2, 0) is 0 Å². The third kappa shape index (κ3) is 5.77. The Morgan fingerprint density at radius 3 is 2.87 bits per heavy atom. The second-order valence-corrected chi connectivity index (χ2v) is 4.45. The van der Waals surface area contributed by atoms with Gasteiger partial charge in [-0.25, -0.2) is 0 Å². The number of nitrogens with zero attached hydrogens (tertiary/aromatic N) is 1. The van der Waals surface area contributed by atoms with Crippen molar-refractivity contribution in [3.05, 3.63) is 24.5 Å². The van der Waals surface area contributed by atoms with Crippen molar-refractivity contribution in [3.8, 4) is 0 Å². The van der Waals surface area contributed by atoms with E-state index in [4.69, 9.17) is 0 Å². The van der Waals surface area contributed by atoms with E-state index in [2.05, 4.69) is 17.2 Å². The zero-order valence-electron chi connectivity index (χ0n) is 9.02. The monoisotopic (exact) mass is 226 g/mol. The van der Waals surface area contributed by atoms with E-state index >= 15 is 0 Å². The molecule has 0 spiro atoms. The summed E-state index contributed by atoms with van der Waals surface area (Å²) >= 11 is 1.66. The highest BCUT2D eigenvalue weighted by Gasteiger charge is 2.03. The van der Waals surface area contributed by atoms with E-state index < -0.39 is 0 Å². The van der Waals surface area contributed by atoms with E-state index in [1.165, 1.54) is 0 Å². The molecule has 0 fully saturated rings. The van der Waals surface area contributed by atoms with Crippen molar-refractivity contribution < 1.29 is 5.11 Å². The Kier molecular flexibility index (Phi) is 6.39. The summed E-state index contributed by atoms with van der Waals surface area (Å²) < 4.78 is 0. The van der Waals surface area contributed by atoms with Crippen molar-refractivity contribution >= 4 is 11.8 Å². The van der Waals surface area contributed by atoms with Crippen molar-refractivity contribution in [2.24, 2.45) is 0 Å². The molecule has 1 unspecified atom stereocenters. The molecule has 1 atom stereocenters. The molecule has 1 aromatic rings. The van der Waals surface area contributed by atoms with E-state index in [0.29, 0.717) is 6.54 Å². The lowest BCUT2D eigenvalue weighted by atomic mass is 10.4. The summed E-state index contributed by atoms with van der Waals surface area (Å²) in [5.41, 5.74) is 0. The lowest BCUT2D eigenvalue weighted by molar-refractivity contribution is 0.196. The normalized spacial score (nSPS) is 12.7. The maximum atomic E-state index is 9.64. The van der Waals surface area contributed by atoms with Crippen LogP contribution in [0.1, 0.15) is 13.3 Å². The first-order chi connectivity index (χ1) is 7.33. The van der Waals surface area contributed by atoms with Gasteiger partial charge >= 0.3 is 0 Å². The molecule has 1 aromatic heterocycles. The van der Waals surface area contributed by atoms with E-state index in [1.807, 2.05) is 12.1 Å². The van der Waals surface area contributed by atoms with Crippen LogP contribution in [0.4, 0.5) is 0 Å². The Balaban J connectivity index is 2.14. The molecular weight excluding hydrogens is 208 g/mol. The molecule has 0 amide bonds. The van der Waals surface area contributed by atoms with Crippen molar-refractivity contribution in [2.45, 2.75) is 24.3 Å². The van der Waals surface area contributed by atoms with Crippen molar-refractivity contribution in [1.82, 2.24) is 10.3 Å². The third-order valence-corrected chi connectivity index (χ3v) is 3.06. The van der Waals surface area contributed by atoms with Crippen molar-refractivity contribution in [2.75, 3.05) is 18.8 Å². The van der Waals surface area contributed by atoms with Crippen LogP contribution in [0, 0.1) is 0 Å². The summed E-state index contributed by atoms with van der Waals surface area (Å²) in [5, 5.41) is 12.8. The largest absolute Gasteiger partial charge is 0.391 e. The van der Waals surface area contributed by atoms with Gasteiger partial charge in [0.2, 0.25) is 0 Å². The maximum absolute atomic E-state index is 9.64. The lowest BCUT2D eigenvalue weighted by Gasteiger charge is -2.10. The molecule has 0 bridgehead atoms. The van der Waals surface area contributed by atoms with Gasteiger partial charge in [-0.15, -0.1) is 11.8 Å². The van der Waals surface area contributed by atoms with E-state index in [-0.39, 0.29) is 6.10 Å². The fraction of sp³-hybridized carbons (Fsp3) is 0.545. The number of aliphatic hydroxyl groups excluding tert-OH is 1. The van der Waals surface area contributed by atoms with E-state index in [0.717, 1.165) is 23.6 Å². The highest BCUT2D eigenvalue weighted by Crippen LogP contribution is 2.16. The Hall–Kier alpha value is -0.580. The van der Waals surface area contributed by atoms with Gasteiger partial charge in [-0.2, -0.15) is 0 Å². The van der Waals surface area contributed by atoms with Crippen molar-refractivity contribution in [1.29, 1.82) is 0 Å². The summed E-state index contributed by atoms with van der Waals surface area (Å²) in [6.07, 6.45) is 4.35. The third-order valence-electron chi connectivity index (χ3n) is 1.90. The molecule has 15 heavy (non-hydrogen) atoms. The predicted molar refractivity (Wildman–Crippen MR) is 64.1 cm³/mol. The van der Waals surface area contributed by atoms with Gasteiger partial charge in [-0.3, -0.25) is 4.98 Å². The van der Waals surface area contributed by atoms with Gasteiger partial charge in [0.15, 0.2) is 0 Å². The second kappa shape index (κ2) is 7.68. The summed E-state index contributed by atoms with van der Waals surface area (Å²) in [6.45, 7) is 3.76. The summed E-state index contributed by atoms with van der Waals surface area (Å²) in [5.74, 6) is 0.723. The molecule has 0 aromatic carbocycles. The topological polar surface area (TPSA) is 45.1 Å². The first-order valence-electron chi connectivity index (χ1n) is 5.24. The molecule has 0 aliphatic rings. The van der Waals surface area contributed by atoms with Crippen LogP contribution in [0.15, 0.2) is 29.4 Å². The fourth-order valence-electron chi connectivity index (χ4n) is 1.13. The van der Waals surface area contributed by atoms with E-state index in [1.54, 1.807) is 24.2 Å². The van der Waals surface area contributed by atoms with Gasteiger partial charge < -0.3 is 10.4 Å². The van der Waals surface area contributed by atoms with Crippen LogP contribution < -0.4 is 5.32 Å². The summed E-state index contributed by atoms with van der Waals surface area (Å²) in [7, 11) is 0. The summed E-state index contributed by atoms with van der Waals surface area (Å²) in [4.78, 5) is 5.10. The Bertz CT molecular complexity index is 256. The maximum Gasteiger partial charge on any atom is 0.0758 e. The molecule has 0 aliphatic heterocycles. The zero-order valence-corrected chi connectivity index (χ0v) is 9.83. The fourth-order valence-corrected chi connectivity index (χ4v) is 1.95. The van der Waals surface area contributed by atoms with Gasteiger partial charge in [-0.05, 0) is 25.1 Å². The molecule has 1 heterocycles. The number of hydrogen-bond acceptors (Lipinski definition) is 4. The van der Waals surface area contributed by atoms with Gasteiger partial charge in [0, 0.05) is 29.6 Å². The molecule has 4 heteroatoms. The van der Waals surface area contributed by atoms with E-state index in [9.17, 15) is 5.11 Å². The average molecular weight is 226 g/mol. The molecule has 0 radical (unpaired) electrons. The first kappa shape index (κ1) is 12.5. The molecule has 84 valence electrons. The second-order valence-electron chi connectivity index (χ2n) is 3.35. The Labute approximate surface area is 95.3 Å². The molecule has 0 aliphatic carbocycles. The molecule has 3 nitrogen and oxygen atoms in total. The Morgan fingerprint density at radius 2 is 2.20 bits per heavy atom. The standard InChI is InChI=1S/C11H18N2OS/c1-2-5-13-8-10(14)9-15-11-3-6-12-7-4-11/h3-4,6-7,10,13-14H,2,5,8-9H2,1H3. The zero-order chi connectivity index (χ0) is 10.9. The van der Waals surface area contributed by atoms with Crippen LogP contribution in [0.25, 0.3) is 0 Å². The molecule has 0 saturated carbocycles.